The van der Waals surface area contributed by atoms with Crippen molar-refractivity contribution in [1.29, 1.82) is 0 Å². The summed E-state index contributed by atoms with van der Waals surface area (Å²) in [6, 6.07) is 4.64. The quantitative estimate of drug-likeness (QED) is 0.879. The van der Waals surface area contributed by atoms with Crippen molar-refractivity contribution in [3.05, 3.63) is 18.2 Å². The van der Waals surface area contributed by atoms with Crippen LogP contribution in [0.2, 0.25) is 0 Å². The van der Waals surface area contributed by atoms with Crippen molar-refractivity contribution in [2.45, 2.75) is 23.6 Å². The fraction of sp³-hybridized carbons (Fsp3) is 0.455. The molecule has 0 fully saturated rings. The molecule has 1 heterocycles. The van der Waals surface area contributed by atoms with E-state index in [-0.39, 0.29) is 11.7 Å². The molecule has 17 heavy (non-hydrogen) atoms. The van der Waals surface area contributed by atoms with Crippen LogP contribution >= 0.6 is 0 Å². The van der Waals surface area contributed by atoms with Crippen LogP contribution in [0.25, 0.3) is 0 Å². The fourth-order valence-electron chi connectivity index (χ4n) is 1.47. The van der Waals surface area contributed by atoms with Crippen LogP contribution in [0.1, 0.15) is 13.8 Å². The highest BCUT2D eigenvalue weighted by Crippen LogP contribution is 2.35. The minimum Gasteiger partial charge on any atom is -0.454 e. The van der Waals surface area contributed by atoms with Crippen LogP contribution in [0.3, 0.4) is 0 Å². The summed E-state index contributed by atoms with van der Waals surface area (Å²) in [5.41, 5.74) is 0. The van der Waals surface area contributed by atoms with Gasteiger partial charge in [0, 0.05) is 6.07 Å². The Kier molecular flexibility index (Phi) is 2.79. The summed E-state index contributed by atoms with van der Waals surface area (Å²) in [6.45, 7) is 3.37. The van der Waals surface area contributed by atoms with E-state index in [1.54, 1.807) is 27.0 Å². The molecule has 0 aliphatic carbocycles. The summed E-state index contributed by atoms with van der Waals surface area (Å²) in [5, 5.41) is 2.79. The highest BCUT2D eigenvalue weighted by molar-refractivity contribution is 7.92. The van der Waals surface area contributed by atoms with E-state index in [4.69, 9.17) is 9.47 Å². The molecule has 6 heteroatoms. The number of rotatable bonds is 3. The highest BCUT2D eigenvalue weighted by Gasteiger charge is 2.35. The van der Waals surface area contributed by atoms with Crippen LogP contribution in [0.4, 0.5) is 0 Å². The minimum absolute atomic E-state index is 0.133. The maximum Gasteiger partial charge on any atom is 0.231 e. The van der Waals surface area contributed by atoms with Crippen LogP contribution in [0.15, 0.2) is 23.1 Å². The monoisotopic (exact) mass is 257 g/mol. The van der Waals surface area contributed by atoms with Crippen molar-refractivity contribution in [3.8, 4) is 11.5 Å². The van der Waals surface area contributed by atoms with E-state index in [1.165, 1.54) is 12.1 Å². The van der Waals surface area contributed by atoms with Gasteiger partial charge in [0.25, 0.3) is 0 Å². The highest BCUT2D eigenvalue weighted by atomic mass is 32.2. The molecule has 0 saturated carbocycles. The number of hydrogen-bond donors (Lipinski definition) is 1. The Balaban J connectivity index is 2.48. The van der Waals surface area contributed by atoms with Gasteiger partial charge >= 0.3 is 0 Å². The summed E-state index contributed by atoms with van der Waals surface area (Å²) in [7, 11) is -1.84. The van der Waals surface area contributed by atoms with Gasteiger partial charge in [-0.25, -0.2) is 8.42 Å². The second-order valence-corrected chi connectivity index (χ2v) is 6.78. The third-order valence-electron chi connectivity index (χ3n) is 2.93. The third-order valence-corrected chi connectivity index (χ3v) is 5.35. The van der Waals surface area contributed by atoms with E-state index in [0.717, 1.165) is 0 Å². The number of fused-ring (bicyclic) bond motifs is 1. The summed E-state index contributed by atoms with van der Waals surface area (Å²) in [5.74, 6) is 1.05. The summed E-state index contributed by atoms with van der Waals surface area (Å²) in [4.78, 5) is -0.804. The van der Waals surface area contributed by atoms with Gasteiger partial charge in [-0.2, -0.15) is 0 Å². The number of sulfone groups is 1. The predicted molar refractivity (Wildman–Crippen MR) is 62.9 cm³/mol. The van der Waals surface area contributed by atoms with Crippen molar-refractivity contribution >= 4 is 9.84 Å². The number of benzene rings is 1. The molecular formula is C11H15NO4S. The first kappa shape index (κ1) is 12.2. The van der Waals surface area contributed by atoms with Gasteiger partial charge in [-0.1, -0.05) is 0 Å². The van der Waals surface area contributed by atoms with E-state index in [2.05, 4.69) is 5.32 Å². The molecule has 0 unspecified atom stereocenters. The smallest absolute Gasteiger partial charge is 0.231 e. The minimum atomic E-state index is -3.46. The van der Waals surface area contributed by atoms with Crippen LogP contribution in [-0.4, -0.2) is 27.1 Å². The number of hydrogen-bond acceptors (Lipinski definition) is 5. The van der Waals surface area contributed by atoms with Crippen LogP contribution in [0, 0.1) is 0 Å². The Labute approximate surface area is 101 Å². The molecule has 0 aromatic heterocycles. The Morgan fingerprint density at radius 2 is 1.88 bits per heavy atom. The summed E-state index contributed by atoms with van der Waals surface area (Å²) >= 11 is 0. The normalized spacial score (nSPS) is 15.0. The Hall–Kier alpha value is -1.27. The van der Waals surface area contributed by atoms with Gasteiger partial charge < -0.3 is 14.8 Å². The Morgan fingerprint density at radius 3 is 2.53 bits per heavy atom. The van der Waals surface area contributed by atoms with Gasteiger partial charge in [-0.15, -0.1) is 0 Å². The van der Waals surface area contributed by atoms with E-state index in [1.807, 2.05) is 0 Å². The van der Waals surface area contributed by atoms with Crippen molar-refractivity contribution in [1.82, 2.24) is 5.32 Å². The van der Waals surface area contributed by atoms with Crippen LogP contribution < -0.4 is 14.8 Å². The standard InChI is InChI=1S/C11H15NO4S/c1-11(2,12-3)17(13,14)8-4-5-9-10(6-8)16-7-15-9/h4-6,12H,7H2,1-3H3. The second-order valence-electron chi connectivity index (χ2n) is 4.28. The SMILES string of the molecule is CNC(C)(C)S(=O)(=O)c1ccc2c(c1)OCO2. The number of ether oxygens (including phenoxy) is 2. The van der Waals surface area contributed by atoms with Crippen LogP contribution in [-0.2, 0) is 9.84 Å². The first-order valence-electron chi connectivity index (χ1n) is 5.22. The molecule has 0 atom stereocenters. The zero-order chi connectivity index (χ0) is 12.7. The molecule has 1 N–H and O–H groups in total. The molecule has 0 saturated heterocycles. The van der Waals surface area contributed by atoms with Gasteiger partial charge in [-0.05, 0) is 33.0 Å². The summed E-state index contributed by atoms with van der Waals surface area (Å²) < 4.78 is 35.0. The lowest BCUT2D eigenvalue weighted by Gasteiger charge is -2.24. The van der Waals surface area contributed by atoms with E-state index >= 15 is 0 Å². The van der Waals surface area contributed by atoms with Crippen molar-refractivity contribution < 1.29 is 17.9 Å². The van der Waals surface area contributed by atoms with Gasteiger partial charge in [0.15, 0.2) is 21.3 Å². The molecule has 0 spiro atoms. The Morgan fingerprint density at radius 1 is 1.24 bits per heavy atom. The average Bonchev–Trinajstić information content (AvgIpc) is 2.75. The first-order chi connectivity index (χ1) is 7.88. The summed E-state index contributed by atoms with van der Waals surface area (Å²) in [6.07, 6.45) is 0. The molecule has 1 aliphatic heterocycles. The van der Waals surface area contributed by atoms with Gasteiger partial charge in [0.2, 0.25) is 6.79 Å². The lowest BCUT2D eigenvalue weighted by molar-refractivity contribution is 0.174. The van der Waals surface area contributed by atoms with Gasteiger partial charge in [-0.3, -0.25) is 0 Å². The Bertz CT molecular complexity index is 536. The molecular weight excluding hydrogens is 242 g/mol. The van der Waals surface area contributed by atoms with Crippen LogP contribution in [0.5, 0.6) is 11.5 Å². The van der Waals surface area contributed by atoms with Crippen molar-refractivity contribution in [2.75, 3.05) is 13.8 Å². The van der Waals surface area contributed by atoms with Gasteiger partial charge in [0.1, 0.15) is 4.87 Å². The lowest BCUT2D eigenvalue weighted by Crippen LogP contribution is -2.44. The topological polar surface area (TPSA) is 64.6 Å². The number of nitrogens with one attached hydrogen (secondary N) is 1. The van der Waals surface area contributed by atoms with Gasteiger partial charge in [0.05, 0.1) is 4.90 Å². The zero-order valence-corrected chi connectivity index (χ0v) is 10.8. The molecule has 0 bridgehead atoms. The zero-order valence-electron chi connectivity index (χ0n) is 9.98. The molecule has 94 valence electrons. The molecule has 1 aromatic carbocycles. The molecule has 1 aromatic rings. The van der Waals surface area contributed by atoms with E-state index in [9.17, 15) is 8.42 Å². The van der Waals surface area contributed by atoms with E-state index in [0.29, 0.717) is 11.5 Å². The second kappa shape index (κ2) is 3.89. The third kappa shape index (κ3) is 1.87. The van der Waals surface area contributed by atoms with Crippen molar-refractivity contribution in [3.63, 3.8) is 0 Å². The fourth-order valence-corrected chi connectivity index (χ4v) is 2.84. The molecule has 0 radical (unpaired) electrons. The lowest BCUT2D eigenvalue weighted by atomic mass is 10.3. The van der Waals surface area contributed by atoms with E-state index < -0.39 is 14.7 Å². The maximum absolute atomic E-state index is 12.3. The largest absolute Gasteiger partial charge is 0.454 e. The predicted octanol–water partition coefficient (Wildman–Crippen LogP) is 1.14. The molecule has 0 amide bonds. The maximum atomic E-state index is 12.3. The molecule has 2 rings (SSSR count). The average molecular weight is 257 g/mol. The molecule has 5 nitrogen and oxygen atoms in total. The first-order valence-corrected chi connectivity index (χ1v) is 6.70. The van der Waals surface area contributed by atoms with Crippen molar-refractivity contribution in [2.24, 2.45) is 0 Å². The molecule has 1 aliphatic rings.